The van der Waals surface area contributed by atoms with Gasteiger partial charge in [-0.25, -0.2) is 0 Å². The van der Waals surface area contributed by atoms with Gasteiger partial charge in [-0.15, -0.1) is 0 Å². The van der Waals surface area contributed by atoms with Crippen molar-refractivity contribution < 1.29 is 115 Å². The predicted octanol–water partition coefficient (Wildman–Crippen LogP) is 6.80. The van der Waals surface area contributed by atoms with E-state index in [0.29, 0.717) is 129 Å². The second kappa shape index (κ2) is 40.2. The molecule has 0 saturated heterocycles. The summed E-state index contributed by atoms with van der Waals surface area (Å²) in [7, 11) is 0. The normalized spacial score (nSPS) is 18.7. The zero-order valence-corrected chi connectivity index (χ0v) is 52.5. The van der Waals surface area contributed by atoms with Crippen molar-refractivity contribution in [3.63, 3.8) is 0 Å². The van der Waals surface area contributed by atoms with Crippen LogP contribution in [0.1, 0.15) is 22.3 Å². The smallest absolute Gasteiger partial charge is 0.165 e. The molecule has 28 nitrogen and oxygen atoms in total. The summed E-state index contributed by atoms with van der Waals surface area (Å²) in [6, 6.07) is 15.2. The van der Waals surface area contributed by atoms with Crippen molar-refractivity contribution in [3.8, 4) is 69.0 Å². The molecular weight excluding hydrogens is 1230 g/mol. The third-order valence-electron chi connectivity index (χ3n) is 13.7. The van der Waals surface area contributed by atoms with Gasteiger partial charge in [-0.3, -0.25) is 20.0 Å². The Hall–Kier alpha value is -8.10. The second-order valence-corrected chi connectivity index (χ2v) is 20.4. The highest BCUT2D eigenvalue weighted by Gasteiger charge is 2.19. The number of ether oxygens (including phenoxy) is 20. The first-order valence-electron chi connectivity index (χ1n) is 31.1. The van der Waals surface area contributed by atoms with Crippen molar-refractivity contribution in [1.29, 1.82) is 0 Å². The molecule has 0 saturated carbocycles. The molecule has 0 atom stereocenters. The Morgan fingerprint density at radius 2 is 0.330 bits per heavy atom. The molecule has 9 rings (SSSR count). The molecule has 0 bridgehead atoms. The van der Waals surface area contributed by atoms with E-state index in [2.05, 4.69) is 0 Å². The number of aliphatic imine (C=N–C) groups is 4. The predicted molar refractivity (Wildman–Crippen MR) is 342 cm³/mol. The standard InChI is InChI=1S/C66H82N4O24/c71-55-39-63-59(87-25-17-79-9-1-75-5-13-83-21-29-91-63)33-47(55)43-67-51-37-53(69-45-49-35-61-65(41-57(49)73)93-31-23-85-15-7-77-3-11-81-19-27-89-61)54(70-46-50-36-62-66(42-58(50)74)94-32-24-86-16-8-78-4-12-82-20-28-90-62)38-52(51)68-44-48-34-60-64(40-56(48)72)92-30-22-84-14-6-76-2-10-80-18-26-88-60/h33-46,71-74H,1-32H2. The molecule has 0 fully saturated rings. The molecule has 94 heavy (non-hydrogen) atoms. The first-order chi connectivity index (χ1) is 46.3. The molecule has 0 aromatic heterocycles. The molecule has 4 heterocycles. The average Bonchev–Trinajstić information content (AvgIpc) is 0.858. The van der Waals surface area contributed by atoms with Crippen LogP contribution in [0.3, 0.4) is 0 Å². The zero-order valence-electron chi connectivity index (χ0n) is 52.5. The van der Waals surface area contributed by atoms with Crippen molar-refractivity contribution in [1.82, 2.24) is 0 Å². The number of fused-ring (bicyclic) bond motifs is 4. The minimum absolute atomic E-state index is 0.142. The Labute approximate surface area is 544 Å². The number of hydrogen-bond acceptors (Lipinski definition) is 28. The van der Waals surface area contributed by atoms with Crippen molar-refractivity contribution in [2.75, 3.05) is 211 Å². The van der Waals surface area contributed by atoms with E-state index >= 15 is 0 Å². The van der Waals surface area contributed by atoms with E-state index in [-0.39, 0.29) is 197 Å². The molecule has 4 aliphatic rings. The van der Waals surface area contributed by atoms with Gasteiger partial charge in [0.05, 0.1) is 181 Å². The van der Waals surface area contributed by atoms with Crippen LogP contribution >= 0.6 is 0 Å². The summed E-state index contributed by atoms with van der Waals surface area (Å²) in [5.74, 6) is 1.36. The van der Waals surface area contributed by atoms with Gasteiger partial charge in [0.25, 0.3) is 0 Å². The van der Waals surface area contributed by atoms with Gasteiger partial charge >= 0.3 is 0 Å². The Bertz CT molecular complexity index is 2820. The fraction of sp³-hybridized carbons (Fsp3) is 0.485. The van der Waals surface area contributed by atoms with Crippen LogP contribution in [-0.2, 0) is 56.8 Å². The van der Waals surface area contributed by atoms with E-state index in [4.69, 9.17) is 115 Å². The molecule has 4 N–H and O–H groups in total. The van der Waals surface area contributed by atoms with Crippen LogP contribution in [0.4, 0.5) is 22.7 Å². The summed E-state index contributed by atoms with van der Waals surface area (Å²) < 4.78 is 116. The minimum Gasteiger partial charge on any atom is -0.507 e. The SMILES string of the molecule is Oc1cc2c(cc1C=Nc1cc(N=Cc3cc4c(cc3O)OCCOCCOCCOCCO4)c(N=Cc3cc4c(cc3O)OCCOCCOCCOCCO4)cc1N=Cc1cc3c(cc1O)OCCOCCOCCOCCO3)OCCOCCOCCOCCO2. The number of benzene rings is 5. The second-order valence-electron chi connectivity index (χ2n) is 20.4. The number of rotatable bonds is 8. The summed E-state index contributed by atoms with van der Waals surface area (Å²) in [5.41, 5.74) is 1.54. The molecular formula is C66H82N4O24. The highest BCUT2D eigenvalue weighted by atomic mass is 16.6. The maximum atomic E-state index is 11.6. The highest BCUT2D eigenvalue weighted by Crippen LogP contribution is 2.43. The summed E-state index contributed by atoms with van der Waals surface area (Å²) >= 11 is 0. The van der Waals surface area contributed by atoms with E-state index in [9.17, 15) is 20.4 Å². The lowest BCUT2D eigenvalue weighted by molar-refractivity contribution is 0.00708. The lowest BCUT2D eigenvalue weighted by atomic mass is 10.1. The Kier molecular flexibility index (Phi) is 30.0. The van der Waals surface area contributed by atoms with Crippen LogP contribution in [0.15, 0.2) is 80.6 Å². The van der Waals surface area contributed by atoms with Crippen LogP contribution in [0, 0.1) is 0 Å². The fourth-order valence-electron chi connectivity index (χ4n) is 8.95. The maximum Gasteiger partial charge on any atom is 0.165 e. The van der Waals surface area contributed by atoms with Crippen molar-refractivity contribution in [2.24, 2.45) is 20.0 Å². The van der Waals surface area contributed by atoms with Crippen molar-refractivity contribution >= 4 is 47.6 Å². The molecule has 0 unspecified atom stereocenters. The third kappa shape index (κ3) is 23.7. The Morgan fingerprint density at radius 1 is 0.191 bits per heavy atom. The molecule has 0 aliphatic carbocycles. The van der Waals surface area contributed by atoms with Crippen molar-refractivity contribution in [3.05, 3.63) is 82.9 Å². The van der Waals surface area contributed by atoms with Gasteiger partial charge in [0.15, 0.2) is 46.0 Å². The Balaban J connectivity index is 1.15. The van der Waals surface area contributed by atoms with Gasteiger partial charge in [-0.2, -0.15) is 0 Å². The van der Waals surface area contributed by atoms with Crippen molar-refractivity contribution in [2.45, 2.75) is 0 Å². The molecule has 28 heteroatoms. The van der Waals surface area contributed by atoms with E-state index in [1.807, 2.05) is 0 Å². The van der Waals surface area contributed by atoms with Crippen LogP contribution in [0.5, 0.6) is 69.0 Å². The molecule has 0 amide bonds. The van der Waals surface area contributed by atoms with Gasteiger partial charge in [0, 0.05) is 71.4 Å². The first kappa shape index (κ1) is 70.2. The average molecular weight is 1320 g/mol. The highest BCUT2D eigenvalue weighted by molar-refractivity contribution is 5.95. The molecule has 510 valence electrons. The summed E-state index contributed by atoms with van der Waals surface area (Å²) in [4.78, 5) is 19.7. The fourth-order valence-corrected chi connectivity index (χ4v) is 8.95. The van der Waals surface area contributed by atoms with E-state index in [0.717, 1.165) is 0 Å². The van der Waals surface area contributed by atoms with E-state index < -0.39 is 0 Å². The summed E-state index contributed by atoms with van der Waals surface area (Å²) in [6.07, 6.45) is 5.64. The summed E-state index contributed by atoms with van der Waals surface area (Å²) in [6.45, 7) is 9.08. The maximum absolute atomic E-state index is 11.6. The summed E-state index contributed by atoms with van der Waals surface area (Å²) in [5, 5.41) is 46.5. The number of phenolic OH excluding ortho intramolecular Hbond substituents is 4. The minimum atomic E-state index is -0.204. The molecule has 5 aromatic carbocycles. The lowest BCUT2D eigenvalue weighted by Crippen LogP contribution is -2.13. The van der Waals surface area contributed by atoms with Gasteiger partial charge < -0.3 is 115 Å². The lowest BCUT2D eigenvalue weighted by Gasteiger charge is -2.15. The largest absolute Gasteiger partial charge is 0.507 e. The topological polar surface area (TPSA) is 315 Å². The third-order valence-corrected chi connectivity index (χ3v) is 13.7. The molecule has 5 aromatic rings. The van der Waals surface area contributed by atoms with Crippen LogP contribution < -0.4 is 37.9 Å². The first-order valence-corrected chi connectivity index (χ1v) is 31.1. The number of phenols is 4. The zero-order chi connectivity index (χ0) is 65.0. The van der Waals surface area contributed by atoms with Crippen LogP contribution in [0.25, 0.3) is 0 Å². The molecule has 0 radical (unpaired) electrons. The van der Waals surface area contributed by atoms with E-state index in [1.165, 1.54) is 49.1 Å². The van der Waals surface area contributed by atoms with Gasteiger partial charge in [-0.05, 0) is 36.4 Å². The number of hydrogen-bond donors (Lipinski definition) is 4. The number of nitrogens with zero attached hydrogens (tertiary/aromatic N) is 4. The van der Waals surface area contributed by atoms with Gasteiger partial charge in [0.2, 0.25) is 0 Å². The van der Waals surface area contributed by atoms with Crippen LogP contribution in [0.2, 0.25) is 0 Å². The quantitative estimate of drug-likeness (QED) is 0.116. The van der Waals surface area contributed by atoms with Gasteiger partial charge in [0.1, 0.15) is 75.9 Å². The monoisotopic (exact) mass is 1310 g/mol. The molecule has 0 spiro atoms. The Morgan fingerprint density at radius 3 is 0.489 bits per heavy atom. The number of aromatic hydroxyl groups is 4. The van der Waals surface area contributed by atoms with Crippen LogP contribution in [-0.4, -0.2) is 257 Å². The molecule has 4 aliphatic heterocycles. The van der Waals surface area contributed by atoms with E-state index in [1.54, 1.807) is 36.4 Å². The van der Waals surface area contributed by atoms with Gasteiger partial charge in [-0.1, -0.05) is 0 Å².